The molecule has 1 aromatic heterocycles. The van der Waals surface area contributed by atoms with Crippen molar-refractivity contribution in [2.75, 3.05) is 11.9 Å². The van der Waals surface area contributed by atoms with E-state index in [0.29, 0.717) is 28.6 Å². The van der Waals surface area contributed by atoms with E-state index >= 15 is 0 Å². The van der Waals surface area contributed by atoms with E-state index in [2.05, 4.69) is 15.7 Å². The van der Waals surface area contributed by atoms with Gasteiger partial charge in [-0.15, -0.1) is 0 Å². The second-order valence-corrected chi connectivity index (χ2v) is 6.08. The highest BCUT2D eigenvalue weighted by atomic mass is 16.2. The number of carbonyl (C=O) groups is 2. The minimum Gasteiger partial charge on any atom is -0.352 e. The zero-order valence-corrected chi connectivity index (χ0v) is 15.2. The first-order valence-electron chi connectivity index (χ1n) is 8.67. The Morgan fingerprint density at radius 2 is 1.67 bits per heavy atom. The lowest BCUT2D eigenvalue weighted by Gasteiger charge is -2.12. The molecule has 3 aromatic rings. The third-order valence-corrected chi connectivity index (χ3v) is 4.13. The van der Waals surface area contributed by atoms with Gasteiger partial charge in [0.2, 0.25) is 0 Å². The standard InChI is InChI=1S/C20H20N4O3/c1-3-12-21-18(25)15-10-6-7-11-16(15)22-19(26)17-13-8-4-5-9-14(13)20(27)24(2)23-17/h4-11H,3,12H2,1-2H3,(H,21,25)(H,22,26). The summed E-state index contributed by atoms with van der Waals surface area (Å²) in [5.74, 6) is -0.747. The van der Waals surface area contributed by atoms with E-state index in [1.165, 1.54) is 7.05 Å². The molecule has 2 aromatic carbocycles. The van der Waals surface area contributed by atoms with Gasteiger partial charge in [0.25, 0.3) is 17.4 Å². The van der Waals surface area contributed by atoms with Crippen LogP contribution in [-0.2, 0) is 7.05 Å². The summed E-state index contributed by atoms with van der Waals surface area (Å²) < 4.78 is 1.14. The van der Waals surface area contributed by atoms with Crippen molar-refractivity contribution in [3.05, 3.63) is 70.1 Å². The molecular formula is C20H20N4O3. The number of anilines is 1. The second-order valence-electron chi connectivity index (χ2n) is 6.08. The highest BCUT2D eigenvalue weighted by Crippen LogP contribution is 2.18. The number of aromatic nitrogens is 2. The molecule has 0 unspecified atom stereocenters. The van der Waals surface area contributed by atoms with E-state index in [4.69, 9.17) is 0 Å². The summed E-state index contributed by atoms with van der Waals surface area (Å²) in [7, 11) is 1.50. The topological polar surface area (TPSA) is 93.1 Å². The number of amides is 2. The van der Waals surface area contributed by atoms with Crippen LogP contribution in [0.4, 0.5) is 5.69 Å². The number of hydrogen-bond donors (Lipinski definition) is 2. The van der Waals surface area contributed by atoms with Gasteiger partial charge in [0.05, 0.1) is 16.6 Å². The second kappa shape index (κ2) is 7.82. The summed E-state index contributed by atoms with van der Waals surface area (Å²) in [6.07, 6.45) is 0.814. The molecule has 0 fully saturated rings. The Bertz CT molecular complexity index is 1070. The van der Waals surface area contributed by atoms with Gasteiger partial charge in [0, 0.05) is 19.0 Å². The van der Waals surface area contributed by atoms with Gasteiger partial charge < -0.3 is 10.6 Å². The van der Waals surface area contributed by atoms with Crippen LogP contribution in [0.3, 0.4) is 0 Å². The lowest BCUT2D eigenvalue weighted by molar-refractivity contribution is 0.0954. The third kappa shape index (κ3) is 3.72. The fraction of sp³-hybridized carbons (Fsp3) is 0.200. The summed E-state index contributed by atoms with van der Waals surface area (Å²) >= 11 is 0. The maximum absolute atomic E-state index is 12.9. The SMILES string of the molecule is CCCNC(=O)c1ccccc1NC(=O)c1nn(C)c(=O)c2ccccc12. The highest BCUT2D eigenvalue weighted by molar-refractivity contribution is 6.13. The van der Waals surface area contributed by atoms with Crippen molar-refractivity contribution in [2.24, 2.45) is 7.05 Å². The average Bonchev–Trinajstić information content (AvgIpc) is 2.69. The number of nitrogens with one attached hydrogen (secondary N) is 2. The van der Waals surface area contributed by atoms with E-state index < -0.39 is 5.91 Å². The van der Waals surface area contributed by atoms with Crippen LogP contribution in [0.5, 0.6) is 0 Å². The molecule has 0 aliphatic carbocycles. The van der Waals surface area contributed by atoms with Crippen LogP contribution in [0.2, 0.25) is 0 Å². The summed E-state index contributed by atoms with van der Waals surface area (Å²) in [5.41, 5.74) is 0.599. The fourth-order valence-electron chi connectivity index (χ4n) is 2.77. The molecule has 1 heterocycles. The molecule has 0 radical (unpaired) electrons. The minimum atomic E-state index is -0.488. The van der Waals surface area contributed by atoms with Crippen LogP contribution in [0, 0.1) is 0 Å². The van der Waals surface area contributed by atoms with Crippen molar-refractivity contribution in [3.8, 4) is 0 Å². The zero-order valence-electron chi connectivity index (χ0n) is 15.2. The Kier molecular flexibility index (Phi) is 5.30. The molecule has 27 heavy (non-hydrogen) atoms. The first kappa shape index (κ1) is 18.3. The summed E-state index contributed by atoms with van der Waals surface area (Å²) in [6.45, 7) is 2.51. The molecule has 7 heteroatoms. The van der Waals surface area contributed by atoms with Crippen LogP contribution in [0.15, 0.2) is 53.3 Å². The van der Waals surface area contributed by atoms with Crippen molar-refractivity contribution < 1.29 is 9.59 Å². The predicted molar refractivity (Wildman–Crippen MR) is 104 cm³/mol. The number of para-hydroxylation sites is 1. The smallest absolute Gasteiger partial charge is 0.276 e. The van der Waals surface area contributed by atoms with E-state index in [9.17, 15) is 14.4 Å². The Labute approximate surface area is 156 Å². The van der Waals surface area contributed by atoms with Gasteiger partial charge in [-0.1, -0.05) is 37.3 Å². The van der Waals surface area contributed by atoms with Gasteiger partial charge in [0.1, 0.15) is 0 Å². The van der Waals surface area contributed by atoms with E-state index in [0.717, 1.165) is 11.1 Å². The molecular weight excluding hydrogens is 344 g/mol. The van der Waals surface area contributed by atoms with Gasteiger partial charge in [-0.2, -0.15) is 5.10 Å². The first-order valence-corrected chi connectivity index (χ1v) is 8.67. The van der Waals surface area contributed by atoms with Gasteiger partial charge >= 0.3 is 0 Å². The molecule has 0 aliphatic heterocycles. The van der Waals surface area contributed by atoms with Gasteiger partial charge in [0.15, 0.2) is 5.69 Å². The maximum Gasteiger partial charge on any atom is 0.276 e. The van der Waals surface area contributed by atoms with Crippen molar-refractivity contribution in [3.63, 3.8) is 0 Å². The number of hydrogen-bond acceptors (Lipinski definition) is 4. The Balaban J connectivity index is 1.98. The molecule has 0 aliphatic rings. The summed E-state index contributed by atoms with van der Waals surface area (Å²) in [5, 5.41) is 10.5. The molecule has 0 atom stereocenters. The first-order chi connectivity index (χ1) is 13.0. The quantitative estimate of drug-likeness (QED) is 0.727. The van der Waals surface area contributed by atoms with Crippen molar-refractivity contribution >= 4 is 28.3 Å². The average molecular weight is 364 g/mol. The molecule has 3 rings (SSSR count). The van der Waals surface area contributed by atoms with Gasteiger partial charge in [-0.05, 0) is 24.6 Å². The Morgan fingerprint density at radius 1 is 1.00 bits per heavy atom. The van der Waals surface area contributed by atoms with E-state index in [1.54, 1.807) is 48.5 Å². The molecule has 2 amide bonds. The highest BCUT2D eigenvalue weighted by Gasteiger charge is 2.18. The fourth-order valence-corrected chi connectivity index (χ4v) is 2.77. The Hall–Kier alpha value is -3.48. The molecule has 0 spiro atoms. The van der Waals surface area contributed by atoms with Crippen molar-refractivity contribution in [1.29, 1.82) is 0 Å². The normalized spacial score (nSPS) is 10.6. The number of aryl methyl sites for hydroxylation is 1. The summed E-state index contributed by atoms with van der Waals surface area (Å²) in [4.78, 5) is 37.4. The van der Waals surface area contributed by atoms with Crippen LogP contribution in [-0.4, -0.2) is 28.1 Å². The van der Waals surface area contributed by atoms with Gasteiger partial charge in [-0.25, -0.2) is 4.68 Å². The van der Waals surface area contributed by atoms with E-state index in [1.807, 2.05) is 6.92 Å². The lowest BCUT2D eigenvalue weighted by atomic mass is 10.1. The van der Waals surface area contributed by atoms with Crippen molar-refractivity contribution in [2.45, 2.75) is 13.3 Å². The number of benzene rings is 2. The van der Waals surface area contributed by atoms with Gasteiger partial charge in [-0.3, -0.25) is 14.4 Å². The predicted octanol–water partition coefficient (Wildman–Crippen LogP) is 2.33. The van der Waals surface area contributed by atoms with Crippen LogP contribution in [0.1, 0.15) is 34.2 Å². The summed E-state index contributed by atoms with van der Waals surface area (Å²) in [6, 6.07) is 13.6. The van der Waals surface area contributed by atoms with Crippen LogP contribution < -0.4 is 16.2 Å². The molecule has 0 saturated heterocycles. The van der Waals surface area contributed by atoms with Crippen LogP contribution >= 0.6 is 0 Å². The Morgan fingerprint density at radius 3 is 2.41 bits per heavy atom. The number of nitrogens with zero attached hydrogens (tertiary/aromatic N) is 2. The minimum absolute atomic E-state index is 0.122. The number of rotatable bonds is 5. The molecule has 0 bridgehead atoms. The van der Waals surface area contributed by atoms with E-state index in [-0.39, 0.29) is 17.2 Å². The molecule has 7 nitrogen and oxygen atoms in total. The monoisotopic (exact) mass is 364 g/mol. The lowest BCUT2D eigenvalue weighted by Crippen LogP contribution is -2.27. The zero-order chi connectivity index (χ0) is 19.4. The molecule has 138 valence electrons. The largest absolute Gasteiger partial charge is 0.352 e. The van der Waals surface area contributed by atoms with Crippen LogP contribution in [0.25, 0.3) is 10.8 Å². The number of carbonyl (C=O) groups excluding carboxylic acids is 2. The molecule has 2 N–H and O–H groups in total. The number of fused-ring (bicyclic) bond motifs is 1. The maximum atomic E-state index is 12.9. The third-order valence-electron chi connectivity index (χ3n) is 4.13. The van der Waals surface area contributed by atoms with Crippen molar-refractivity contribution in [1.82, 2.24) is 15.1 Å². The molecule has 0 saturated carbocycles.